The van der Waals surface area contributed by atoms with E-state index in [-0.39, 0.29) is 11.7 Å². The molecule has 1 unspecified atom stereocenters. The first-order valence-corrected chi connectivity index (χ1v) is 6.26. The molecule has 0 fully saturated rings. The Morgan fingerprint density at radius 1 is 1.10 bits per heavy atom. The zero-order valence-electron chi connectivity index (χ0n) is 11.2. The molecule has 0 aliphatic carbocycles. The molecule has 0 heterocycles. The molecule has 0 saturated heterocycles. The Morgan fingerprint density at radius 3 is 2.38 bits per heavy atom. The molecule has 0 aromatic heterocycles. The van der Waals surface area contributed by atoms with Gasteiger partial charge in [-0.05, 0) is 42.8 Å². The standard InChI is InChI=1S/C15H14F4N2/c1-9(10-3-2-4-12(20)7-10)21-14-6-5-11(8-13(14)16)15(17,18)19/h2-9,21H,20H2,1H3. The highest BCUT2D eigenvalue weighted by Gasteiger charge is 2.31. The van der Waals surface area contributed by atoms with Gasteiger partial charge in [0.2, 0.25) is 0 Å². The summed E-state index contributed by atoms with van der Waals surface area (Å²) in [5.74, 6) is -0.944. The fourth-order valence-corrected chi connectivity index (χ4v) is 1.95. The van der Waals surface area contributed by atoms with Crippen LogP contribution in [0.1, 0.15) is 24.1 Å². The molecule has 0 saturated carbocycles. The van der Waals surface area contributed by atoms with Crippen molar-refractivity contribution in [2.75, 3.05) is 11.1 Å². The van der Waals surface area contributed by atoms with Crippen molar-refractivity contribution in [3.05, 3.63) is 59.4 Å². The van der Waals surface area contributed by atoms with E-state index >= 15 is 0 Å². The zero-order chi connectivity index (χ0) is 15.6. The Kier molecular flexibility index (Phi) is 4.06. The first-order chi connectivity index (χ1) is 9.77. The van der Waals surface area contributed by atoms with Crippen molar-refractivity contribution < 1.29 is 17.6 Å². The Balaban J connectivity index is 2.20. The maximum absolute atomic E-state index is 13.7. The molecule has 2 aromatic carbocycles. The Labute approximate surface area is 119 Å². The van der Waals surface area contributed by atoms with Gasteiger partial charge >= 0.3 is 6.18 Å². The van der Waals surface area contributed by atoms with Crippen LogP contribution in [0.5, 0.6) is 0 Å². The summed E-state index contributed by atoms with van der Waals surface area (Å²) in [7, 11) is 0. The minimum atomic E-state index is -4.56. The largest absolute Gasteiger partial charge is 0.416 e. The lowest BCUT2D eigenvalue weighted by molar-refractivity contribution is -0.137. The van der Waals surface area contributed by atoms with Crippen molar-refractivity contribution in [2.45, 2.75) is 19.1 Å². The number of benzene rings is 2. The van der Waals surface area contributed by atoms with Crippen LogP contribution in [-0.2, 0) is 6.18 Å². The summed E-state index contributed by atoms with van der Waals surface area (Å²) in [5, 5.41) is 2.83. The number of anilines is 2. The fraction of sp³-hybridized carbons (Fsp3) is 0.200. The third-order valence-corrected chi connectivity index (χ3v) is 3.08. The van der Waals surface area contributed by atoms with E-state index in [2.05, 4.69) is 5.32 Å². The van der Waals surface area contributed by atoms with Gasteiger partial charge in [-0.25, -0.2) is 4.39 Å². The molecule has 2 nitrogen and oxygen atoms in total. The van der Waals surface area contributed by atoms with Gasteiger partial charge in [0.15, 0.2) is 0 Å². The second-order valence-electron chi connectivity index (χ2n) is 4.73. The molecule has 0 spiro atoms. The lowest BCUT2D eigenvalue weighted by atomic mass is 10.1. The summed E-state index contributed by atoms with van der Waals surface area (Å²) in [6.45, 7) is 1.77. The van der Waals surface area contributed by atoms with Gasteiger partial charge in [0.05, 0.1) is 11.3 Å². The molecule has 1 atom stereocenters. The molecule has 2 aromatic rings. The van der Waals surface area contributed by atoms with Crippen LogP contribution in [0.4, 0.5) is 28.9 Å². The van der Waals surface area contributed by atoms with Gasteiger partial charge in [0.25, 0.3) is 0 Å². The number of nitrogen functional groups attached to an aromatic ring is 1. The number of halogens is 4. The molecule has 112 valence electrons. The van der Waals surface area contributed by atoms with Crippen LogP contribution < -0.4 is 11.1 Å². The van der Waals surface area contributed by atoms with Gasteiger partial charge in [-0.3, -0.25) is 0 Å². The lowest BCUT2D eigenvalue weighted by Gasteiger charge is -2.17. The van der Waals surface area contributed by atoms with Gasteiger partial charge < -0.3 is 11.1 Å². The number of rotatable bonds is 3. The van der Waals surface area contributed by atoms with E-state index in [1.807, 2.05) is 0 Å². The summed E-state index contributed by atoms with van der Waals surface area (Å²) < 4.78 is 51.2. The zero-order valence-corrected chi connectivity index (χ0v) is 11.2. The van der Waals surface area contributed by atoms with Gasteiger partial charge in [0.1, 0.15) is 5.82 Å². The summed E-state index contributed by atoms with van der Waals surface area (Å²) in [5.41, 5.74) is 6.04. The average molecular weight is 298 g/mol. The summed E-state index contributed by atoms with van der Waals surface area (Å²) >= 11 is 0. The van der Waals surface area contributed by atoms with Gasteiger partial charge in [-0.2, -0.15) is 13.2 Å². The van der Waals surface area contributed by atoms with Crippen molar-refractivity contribution >= 4 is 11.4 Å². The molecule has 0 amide bonds. The summed E-state index contributed by atoms with van der Waals surface area (Å²) in [6.07, 6.45) is -4.56. The lowest BCUT2D eigenvalue weighted by Crippen LogP contribution is -2.10. The van der Waals surface area contributed by atoms with Crippen molar-refractivity contribution in [1.82, 2.24) is 0 Å². The highest BCUT2D eigenvalue weighted by molar-refractivity contribution is 5.50. The quantitative estimate of drug-likeness (QED) is 0.642. The van der Waals surface area contributed by atoms with Crippen molar-refractivity contribution in [3.8, 4) is 0 Å². The highest BCUT2D eigenvalue weighted by atomic mass is 19.4. The Bertz CT molecular complexity index is 638. The number of nitrogens with two attached hydrogens (primary N) is 1. The third-order valence-electron chi connectivity index (χ3n) is 3.08. The maximum Gasteiger partial charge on any atom is 0.416 e. The number of hydrogen-bond acceptors (Lipinski definition) is 2. The predicted molar refractivity (Wildman–Crippen MR) is 74.3 cm³/mol. The predicted octanol–water partition coefficient (Wildman–Crippen LogP) is 4.60. The van der Waals surface area contributed by atoms with Crippen LogP contribution >= 0.6 is 0 Å². The van der Waals surface area contributed by atoms with E-state index in [0.29, 0.717) is 11.8 Å². The second-order valence-corrected chi connectivity index (χ2v) is 4.73. The summed E-state index contributed by atoms with van der Waals surface area (Å²) in [4.78, 5) is 0. The van der Waals surface area contributed by atoms with Gasteiger partial charge in [-0.1, -0.05) is 12.1 Å². The summed E-state index contributed by atoms with van der Waals surface area (Å²) in [6, 6.07) is 9.11. The van der Waals surface area contributed by atoms with Crippen molar-refractivity contribution in [1.29, 1.82) is 0 Å². The minimum Gasteiger partial charge on any atom is -0.399 e. The Morgan fingerprint density at radius 2 is 1.81 bits per heavy atom. The van der Waals surface area contributed by atoms with E-state index in [9.17, 15) is 17.6 Å². The molecule has 3 N–H and O–H groups in total. The monoisotopic (exact) mass is 298 g/mol. The number of nitrogens with one attached hydrogen (secondary N) is 1. The van der Waals surface area contributed by atoms with Crippen LogP contribution in [0.15, 0.2) is 42.5 Å². The van der Waals surface area contributed by atoms with Crippen LogP contribution in [0.3, 0.4) is 0 Å². The van der Waals surface area contributed by atoms with E-state index in [1.165, 1.54) is 0 Å². The van der Waals surface area contributed by atoms with Crippen LogP contribution in [-0.4, -0.2) is 0 Å². The molecule has 6 heteroatoms. The topological polar surface area (TPSA) is 38.0 Å². The van der Waals surface area contributed by atoms with Gasteiger partial charge in [0, 0.05) is 11.7 Å². The van der Waals surface area contributed by atoms with E-state index in [0.717, 1.165) is 17.7 Å². The molecule has 0 bridgehead atoms. The first kappa shape index (κ1) is 15.2. The molecule has 21 heavy (non-hydrogen) atoms. The third kappa shape index (κ3) is 3.65. The first-order valence-electron chi connectivity index (χ1n) is 6.26. The van der Waals surface area contributed by atoms with Gasteiger partial charge in [-0.15, -0.1) is 0 Å². The number of hydrogen-bond donors (Lipinski definition) is 2. The van der Waals surface area contributed by atoms with E-state index in [4.69, 9.17) is 5.73 Å². The molecular weight excluding hydrogens is 284 g/mol. The molecule has 0 radical (unpaired) electrons. The average Bonchev–Trinajstić information content (AvgIpc) is 2.39. The Hall–Kier alpha value is -2.24. The van der Waals surface area contributed by atoms with Crippen molar-refractivity contribution in [2.24, 2.45) is 0 Å². The van der Waals surface area contributed by atoms with E-state index in [1.54, 1.807) is 31.2 Å². The fourth-order valence-electron chi connectivity index (χ4n) is 1.95. The SMILES string of the molecule is CC(Nc1ccc(C(F)(F)F)cc1F)c1cccc(N)c1. The van der Waals surface area contributed by atoms with Crippen LogP contribution in [0.2, 0.25) is 0 Å². The maximum atomic E-state index is 13.7. The highest BCUT2D eigenvalue weighted by Crippen LogP contribution is 2.32. The molecule has 2 rings (SSSR count). The number of alkyl halides is 3. The minimum absolute atomic E-state index is 0.0120. The van der Waals surface area contributed by atoms with Crippen LogP contribution in [0, 0.1) is 5.82 Å². The molecule has 0 aliphatic rings. The van der Waals surface area contributed by atoms with E-state index < -0.39 is 17.6 Å². The molecular formula is C15H14F4N2. The van der Waals surface area contributed by atoms with Crippen molar-refractivity contribution in [3.63, 3.8) is 0 Å². The van der Waals surface area contributed by atoms with Crippen LogP contribution in [0.25, 0.3) is 0 Å². The smallest absolute Gasteiger partial charge is 0.399 e. The molecule has 0 aliphatic heterocycles. The second kappa shape index (κ2) is 5.63. The normalized spacial score (nSPS) is 13.0.